The molecule has 2 aromatic rings. The zero-order chi connectivity index (χ0) is 29.7. The highest BCUT2D eigenvalue weighted by Crippen LogP contribution is 2.37. The topological polar surface area (TPSA) is 95.6 Å². The quantitative estimate of drug-likeness (QED) is 0.223. The van der Waals surface area contributed by atoms with Crippen LogP contribution in [0.5, 0.6) is 0 Å². The molecular weight excluding hydrogens is 563 g/mol. The Morgan fingerprint density at radius 1 is 1.22 bits per heavy atom. The molecule has 8 nitrogen and oxygen atoms in total. The summed E-state index contributed by atoms with van der Waals surface area (Å²) in [7, 11) is 0. The highest BCUT2D eigenvalue weighted by atomic mass is 32.2. The third-order valence-corrected chi connectivity index (χ3v) is 8.78. The molecular formula is C30H33FN4O4S2. The minimum atomic E-state index is -0.361. The SMILES string of the molecule is CCCCn1c(N2CCC(C(=O)OCC)CC2)c(/C=C2\SC(=S)N(Cc3ccc(F)cc3)C2=O)c(C)c(C#N)c1=O. The number of esters is 1. The van der Waals surface area contributed by atoms with Crippen molar-refractivity contribution in [1.82, 2.24) is 9.47 Å². The van der Waals surface area contributed by atoms with Crippen LogP contribution in [0.15, 0.2) is 34.0 Å². The van der Waals surface area contributed by atoms with Crippen LogP contribution in [0.4, 0.5) is 10.2 Å². The summed E-state index contributed by atoms with van der Waals surface area (Å²) in [6, 6.07) is 7.98. The largest absolute Gasteiger partial charge is 0.466 e. The van der Waals surface area contributed by atoms with Gasteiger partial charge in [-0.15, -0.1) is 0 Å². The summed E-state index contributed by atoms with van der Waals surface area (Å²) in [6.07, 6.45) is 4.45. The van der Waals surface area contributed by atoms with Gasteiger partial charge in [-0.1, -0.05) is 49.5 Å². The van der Waals surface area contributed by atoms with Crippen LogP contribution in [-0.4, -0.2) is 45.4 Å². The van der Waals surface area contributed by atoms with E-state index in [1.54, 1.807) is 36.6 Å². The van der Waals surface area contributed by atoms with Crippen molar-refractivity contribution in [3.05, 3.63) is 67.6 Å². The number of carbonyl (C=O) groups excluding carboxylic acids is 2. The number of pyridine rings is 1. The second-order valence-electron chi connectivity index (χ2n) is 10.1. The number of amides is 1. The second-order valence-corrected chi connectivity index (χ2v) is 11.7. The molecule has 0 saturated carbocycles. The van der Waals surface area contributed by atoms with Crippen LogP contribution in [0.1, 0.15) is 61.8 Å². The van der Waals surface area contributed by atoms with E-state index in [2.05, 4.69) is 11.0 Å². The first-order chi connectivity index (χ1) is 19.7. The van der Waals surface area contributed by atoms with Gasteiger partial charge < -0.3 is 9.64 Å². The van der Waals surface area contributed by atoms with Gasteiger partial charge in [0.1, 0.15) is 27.6 Å². The van der Waals surface area contributed by atoms with Crippen LogP contribution in [0, 0.1) is 30.0 Å². The summed E-state index contributed by atoms with van der Waals surface area (Å²) in [6.45, 7) is 7.53. The molecule has 4 rings (SSSR count). The molecule has 216 valence electrons. The van der Waals surface area contributed by atoms with E-state index in [1.165, 1.54) is 17.0 Å². The Labute approximate surface area is 248 Å². The Balaban J connectivity index is 1.76. The average Bonchev–Trinajstić information content (AvgIpc) is 3.22. The fraction of sp³-hybridized carbons (Fsp3) is 0.433. The van der Waals surface area contributed by atoms with Crippen molar-refractivity contribution < 1.29 is 18.7 Å². The number of aromatic nitrogens is 1. The number of rotatable bonds is 9. The van der Waals surface area contributed by atoms with Gasteiger partial charge in [-0.3, -0.25) is 23.9 Å². The Morgan fingerprint density at radius 2 is 1.90 bits per heavy atom. The van der Waals surface area contributed by atoms with E-state index in [0.29, 0.717) is 65.3 Å². The first-order valence-electron chi connectivity index (χ1n) is 13.8. The van der Waals surface area contributed by atoms with Gasteiger partial charge in [0.25, 0.3) is 11.5 Å². The number of carbonyl (C=O) groups is 2. The van der Waals surface area contributed by atoms with E-state index in [1.807, 2.05) is 6.92 Å². The zero-order valence-electron chi connectivity index (χ0n) is 23.4. The van der Waals surface area contributed by atoms with E-state index in [-0.39, 0.29) is 41.3 Å². The Morgan fingerprint density at radius 3 is 2.51 bits per heavy atom. The van der Waals surface area contributed by atoms with Gasteiger partial charge in [-0.25, -0.2) is 4.39 Å². The lowest BCUT2D eigenvalue weighted by Gasteiger charge is -2.35. The number of thiocarbonyl (C=S) groups is 1. The van der Waals surface area contributed by atoms with Crippen molar-refractivity contribution in [3.8, 4) is 6.07 Å². The van der Waals surface area contributed by atoms with Gasteiger partial charge in [-0.05, 0) is 62.4 Å². The fourth-order valence-electron chi connectivity index (χ4n) is 5.14. The van der Waals surface area contributed by atoms with Crippen LogP contribution >= 0.6 is 24.0 Å². The summed E-state index contributed by atoms with van der Waals surface area (Å²) >= 11 is 6.69. The minimum Gasteiger partial charge on any atom is -0.466 e. The fourth-order valence-corrected chi connectivity index (χ4v) is 6.37. The molecule has 0 N–H and O–H groups in total. The van der Waals surface area contributed by atoms with E-state index in [9.17, 15) is 24.0 Å². The number of anilines is 1. The molecule has 0 unspecified atom stereocenters. The molecule has 0 aliphatic carbocycles. The smallest absolute Gasteiger partial charge is 0.309 e. The summed E-state index contributed by atoms with van der Waals surface area (Å²) in [5.41, 5.74) is 1.54. The molecule has 1 aromatic heterocycles. The van der Waals surface area contributed by atoms with E-state index in [4.69, 9.17) is 17.0 Å². The zero-order valence-corrected chi connectivity index (χ0v) is 25.1. The maximum absolute atomic E-state index is 13.5. The molecule has 2 saturated heterocycles. The molecule has 1 aromatic carbocycles. The van der Waals surface area contributed by atoms with Gasteiger partial charge in [0.2, 0.25) is 0 Å². The molecule has 2 aliphatic heterocycles. The van der Waals surface area contributed by atoms with Crippen molar-refractivity contribution >= 4 is 52.1 Å². The van der Waals surface area contributed by atoms with Crippen molar-refractivity contribution in [3.63, 3.8) is 0 Å². The monoisotopic (exact) mass is 596 g/mol. The van der Waals surface area contributed by atoms with Gasteiger partial charge in [0.05, 0.1) is 24.0 Å². The number of unbranched alkanes of at least 4 members (excludes halogenated alkanes) is 1. The molecule has 0 radical (unpaired) electrons. The Hall–Kier alpha value is -3.49. The number of benzene rings is 1. The number of piperidine rings is 1. The number of ether oxygens (including phenoxy) is 1. The van der Waals surface area contributed by atoms with Crippen molar-refractivity contribution in [1.29, 1.82) is 5.26 Å². The maximum atomic E-state index is 13.5. The predicted octanol–water partition coefficient (Wildman–Crippen LogP) is 5.15. The minimum absolute atomic E-state index is 0.0410. The number of nitriles is 1. The first-order valence-corrected chi connectivity index (χ1v) is 15.0. The van der Waals surface area contributed by atoms with E-state index in [0.717, 1.165) is 30.2 Å². The predicted molar refractivity (Wildman–Crippen MR) is 162 cm³/mol. The molecule has 1 amide bonds. The Kier molecular flexibility index (Phi) is 9.99. The van der Waals surface area contributed by atoms with Crippen LogP contribution in [0.25, 0.3) is 6.08 Å². The van der Waals surface area contributed by atoms with Gasteiger partial charge in [0, 0.05) is 25.2 Å². The van der Waals surface area contributed by atoms with Gasteiger partial charge >= 0.3 is 5.97 Å². The number of nitrogens with zero attached hydrogens (tertiary/aromatic N) is 4. The standard InChI is InChI=1S/C30H33FN4O4S2/c1-4-6-13-34-26(33-14-11-21(12-15-33)29(38)39-5-2)23(19(3)24(17-32)27(34)36)16-25-28(37)35(30(40)41-25)18-20-7-9-22(31)10-8-20/h7-10,16,21H,4-6,11-15,18H2,1-3H3/b25-16-. The van der Waals surface area contributed by atoms with Crippen molar-refractivity contribution in [2.75, 3.05) is 24.6 Å². The lowest BCUT2D eigenvalue weighted by atomic mass is 9.95. The van der Waals surface area contributed by atoms with Gasteiger partial charge in [0.15, 0.2) is 0 Å². The van der Waals surface area contributed by atoms with Gasteiger partial charge in [-0.2, -0.15) is 5.26 Å². The lowest BCUT2D eigenvalue weighted by Crippen LogP contribution is -2.41. The third kappa shape index (κ3) is 6.54. The molecule has 2 aliphatic rings. The molecule has 3 heterocycles. The first kappa shape index (κ1) is 30.5. The van der Waals surface area contributed by atoms with E-state index < -0.39 is 0 Å². The van der Waals surface area contributed by atoms with Crippen LogP contribution < -0.4 is 10.5 Å². The highest BCUT2D eigenvalue weighted by molar-refractivity contribution is 8.26. The number of hydrogen-bond acceptors (Lipinski definition) is 8. The van der Waals surface area contributed by atoms with Crippen LogP contribution in [0.2, 0.25) is 0 Å². The summed E-state index contributed by atoms with van der Waals surface area (Å²) < 4.78 is 20.6. The Bertz CT molecular complexity index is 1470. The summed E-state index contributed by atoms with van der Waals surface area (Å²) in [5, 5.41) is 9.92. The van der Waals surface area contributed by atoms with Crippen LogP contribution in [0.3, 0.4) is 0 Å². The third-order valence-electron chi connectivity index (χ3n) is 7.40. The van der Waals surface area contributed by atoms with Crippen molar-refractivity contribution in [2.45, 2.75) is 59.5 Å². The lowest BCUT2D eigenvalue weighted by molar-refractivity contribution is -0.148. The molecule has 41 heavy (non-hydrogen) atoms. The summed E-state index contributed by atoms with van der Waals surface area (Å²) in [5.74, 6) is -0.435. The summed E-state index contributed by atoms with van der Waals surface area (Å²) in [4.78, 5) is 43.3. The second kappa shape index (κ2) is 13.4. The number of halogens is 1. The molecule has 0 atom stereocenters. The normalized spacial score (nSPS) is 16.9. The highest BCUT2D eigenvalue weighted by Gasteiger charge is 2.34. The van der Waals surface area contributed by atoms with E-state index >= 15 is 0 Å². The van der Waals surface area contributed by atoms with Crippen molar-refractivity contribution in [2.24, 2.45) is 5.92 Å². The van der Waals surface area contributed by atoms with Crippen LogP contribution in [-0.2, 0) is 27.4 Å². The number of thioether (sulfide) groups is 1. The molecule has 0 spiro atoms. The molecule has 2 fully saturated rings. The molecule has 11 heteroatoms. The maximum Gasteiger partial charge on any atom is 0.309 e. The number of hydrogen-bond donors (Lipinski definition) is 0. The average molecular weight is 597 g/mol. The molecule has 0 bridgehead atoms.